The Morgan fingerprint density at radius 3 is 1.89 bits per heavy atom. The van der Waals surface area contributed by atoms with E-state index in [0.717, 1.165) is 70.6 Å². The Morgan fingerprint density at radius 2 is 1.31 bits per heavy atom. The highest BCUT2D eigenvalue weighted by molar-refractivity contribution is 5.83. The minimum atomic E-state index is -1.03. The third-order valence-corrected chi connectivity index (χ3v) is 7.02. The molecule has 0 spiro atoms. The summed E-state index contributed by atoms with van der Waals surface area (Å²) >= 11 is 0. The van der Waals surface area contributed by atoms with Crippen LogP contribution in [0.5, 0.6) is 0 Å². The van der Waals surface area contributed by atoms with Crippen molar-refractivity contribution in [2.24, 2.45) is 5.73 Å². The summed E-state index contributed by atoms with van der Waals surface area (Å²) in [5.74, 6) is -1.49. The van der Waals surface area contributed by atoms with Gasteiger partial charge in [0.25, 0.3) is 0 Å². The van der Waals surface area contributed by atoms with Gasteiger partial charge < -0.3 is 20.9 Å². The van der Waals surface area contributed by atoms with Crippen LogP contribution in [0.3, 0.4) is 0 Å². The zero-order valence-electron chi connectivity index (χ0n) is 28.2. The number of aliphatic carboxylic acids is 1. The minimum absolute atomic E-state index is 0.223. The molecule has 4 N–H and O–H groups in total. The van der Waals surface area contributed by atoms with Gasteiger partial charge in [-0.25, -0.2) is 4.79 Å². The molecular formula is C38H62N2O5. The molecular weight excluding hydrogens is 564 g/mol. The highest BCUT2D eigenvalue weighted by Gasteiger charge is 2.18. The van der Waals surface area contributed by atoms with E-state index in [1.807, 2.05) is 18.2 Å². The average Bonchev–Trinajstić information content (AvgIpc) is 3.02. The predicted molar refractivity (Wildman–Crippen MR) is 188 cm³/mol. The Labute approximate surface area is 273 Å². The lowest BCUT2D eigenvalue weighted by molar-refractivity contribution is -0.146. The molecule has 2 atom stereocenters. The molecule has 0 aromatic carbocycles. The monoisotopic (exact) mass is 626 g/mol. The van der Waals surface area contributed by atoms with Crippen LogP contribution in [0.15, 0.2) is 72.9 Å². The maximum absolute atomic E-state index is 12.5. The summed E-state index contributed by atoms with van der Waals surface area (Å²) in [5.41, 5.74) is 5.45. The SMILES string of the molecule is CC/C=C\C/C=C\C/C=C\C/C=C\C/C=C\CC(=O)OC(/C=C\CCCCC)CCCCCCC(=O)NC(CCCN)C(=O)O. The number of ether oxygens (including phenoxy) is 1. The molecule has 1 amide bonds. The summed E-state index contributed by atoms with van der Waals surface area (Å²) in [7, 11) is 0. The second kappa shape index (κ2) is 32.2. The van der Waals surface area contributed by atoms with Gasteiger partial charge in [-0.15, -0.1) is 0 Å². The van der Waals surface area contributed by atoms with E-state index in [1.54, 1.807) is 0 Å². The molecule has 0 aliphatic rings. The second-order valence-corrected chi connectivity index (χ2v) is 11.2. The summed E-state index contributed by atoms with van der Waals surface area (Å²) < 4.78 is 5.78. The Balaban J connectivity index is 4.39. The summed E-state index contributed by atoms with van der Waals surface area (Å²) in [6, 6.07) is -0.879. The van der Waals surface area contributed by atoms with Crippen LogP contribution in [0.1, 0.15) is 129 Å². The van der Waals surface area contributed by atoms with Crippen LogP contribution >= 0.6 is 0 Å². The number of rotatable bonds is 29. The fraction of sp³-hybridized carbons (Fsp3) is 0.605. The van der Waals surface area contributed by atoms with Crippen molar-refractivity contribution in [1.29, 1.82) is 0 Å². The van der Waals surface area contributed by atoms with Crippen LogP contribution in [-0.2, 0) is 19.1 Å². The summed E-state index contributed by atoms with van der Waals surface area (Å²) in [4.78, 5) is 35.9. The quantitative estimate of drug-likeness (QED) is 0.0434. The number of carboxylic acid groups (broad SMARTS) is 1. The fourth-order valence-corrected chi connectivity index (χ4v) is 4.43. The van der Waals surface area contributed by atoms with Gasteiger partial charge in [0.15, 0.2) is 0 Å². The first-order valence-corrected chi connectivity index (χ1v) is 17.3. The Kier molecular flexibility index (Phi) is 29.9. The molecule has 0 rings (SSSR count). The molecule has 7 heteroatoms. The van der Waals surface area contributed by atoms with Crippen LogP contribution in [0.4, 0.5) is 0 Å². The Hall–Kier alpha value is -3.19. The lowest BCUT2D eigenvalue weighted by Crippen LogP contribution is -2.40. The van der Waals surface area contributed by atoms with Crippen molar-refractivity contribution in [3.8, 4) is 0 Å². The van der Waals surface area contributed by atoms with Crippen molar-refractivity contribution in [3.05, 3.63) is 72.9 Å². The number of esters is 1. The normalized spacial score (nSPS) is 13.7. The van der Waals surface area contributed by atoms with Gasteiger partial charge in [0.2, 0.25) is 5.91 Å². The lowest BCUT2D eigenvalue weighted by Gasteiger charge is -2.15. The van der Waals surface area contributed by atoms with Crippen molar-refractivity contribution in [2.45, 2.75) is 142 Å². The average molecular weight is 627 g/mol. The maximum atomic E-state index is 12.5. The highest BCUT2D eigenvalue weighted by Crippen LogP contribution is 2.13. The molecule has 0 bridgehead atoms. The predicted octanol–water partition coefficient (Wildman–Crippen LogP) is 8.83. The molecule has 0 saturated heterocycles. The van der Waals surface area contributed by atoms with Crippen LogP contribution in [-0.4, -0.2) is 41.6 Å². The number of amides is 1. The van der Waals surface area contributed by atoms with Crippen LogP contribution < -0.4 is 11.1 Å². The molecule has 0 heterocycles. The first kappa shape index (κ1) is 41.8. The number of nitrogens with two attached hydrogens (primary N) is 1. The lowest BCUT2D eigenvalue weighted by atomic mass is 10.1. The van der Waals surface area contributed by atoms with E-state index in [2.05, 4.69) is 73.8 Å². The number of hydrogen-bond acceptors (Lipinski definition) is 5. The Morgan fingerprint density at radius 1 is 0.711 bits per heavy atom. The largest absolute Gasteiger partial charge is 0.480 e. The van der Waals surface area contributed by atoms with Gasteiger partial charge >= 0.3 is 11.9 Å². The number of allylic oxidation sites excluding steroid dienone is 10. The molecule has 7 nitrogen and oxygen atoms in total. The summed E-state index contributed by atoms with van der Waals surface area (Å²) in [6.07, 6.45) is 39.8. The molecule has 2 unspecified atom stereocenters. The van der Waals surface area contributed by atoms with Crippen molar-refractivity contribution >= 4 is 17.8 Å². The first-order chi connectivity index (χ1) is 21.9. The smallest absolute Gasteiger partial charge is 0.326 e. The van der Waals surface area contributed by atoms with Gasteiger partial charge in [-0.3, -0.25) is 9.59 Å². The van der Waals surface area contributed by atoms with Gasteiger partial charge in [-0.1, -0.05) is 106 Å². The minimum Gasteiger partial charge on any atom is -0.480 e. The fourth-order valence-electron chi connectivity index (χ4n) is 4.43. The number of nitrogens with one attached hydrogen (secondary N) is 1. The van der Waals surface area contributed by atoms with E-state index in [9.17, 15) is 19.5 Å². The van der Waals surface area contributed by atoms with E-state index >= 15 is 0 Å². The molecule has 0 saturated carbocycles. The van der Waals surface area contributed by atoms with Gasteiger partial charge in [0.1, 0.15) is 12.1 Å². The van der Waals surface area contributed by atoms with Crippen molar-refractivity contribution < 1.29 is 24.2 Å². The topological polar surface area (TPSA) is 119 Å². The van der Waals surface area contributed by atoms with Crippen molar-refractivity contribution in [1.82, 2.24) is 5.32 Å². The van der Waals surface area contributed by atoms with E-state index in [1.165, 1.54) is 12.8 Å². The van der Waals surface area contributed by atoms with E-state index in [4.69, 9.17) is 10.5 Å². The molecule has 0 fully saturated rings. The number of carbonyl (C=O) groups is 3. The summed E-state index contributed by atoms with van der Waals surface area (Å²) in [6.45, 7) is 4.72. The Bertz CT molecular complexity index is 932. The number of hydrogen-bond donors (Lipinski definition) is 3. The zero-order chi connectivity index (χ0) is 33.2. The third kappa shape index (κ3) is 29.3. The molecule has 0 aromatic heterocycles. The highest BCUT2D eigenvalue weighted by atomic mass is 16.5. The van der Waals surface area contributed by atoms with Gasteiger partial charge in [0.05, 0.1) is 6.42 Å². The second-order valence-electron chi connectivity index (χ2n) is 11.2. The number of unbranched alkanes of at least 4 members (excludes halogenated alkanes) is 6. The van der Waals surface area contributed by atoms with E-state index in [-0.39, 0.29) is 24.4 Å². The van der Waals surface area contributed by atoms with Crippen molar-refractivity contribution in [2.75, 3.05) is 6.54 Å². The molecule has 0 aliphatic heterocycles. The first-order valence-electron chi connectivity index (χ1n) is 17.3. The van der Waals surface area contributed by atoms with Crippen molar-refractivity contribution in [3.63, 3.8) is 0 Å². The van der Waals surface area contributed by atoms with Gasteiger partial charge in [-0.05, 0) is 89.7 Å². The molecule has 0 aromatic rings. The van der Waals surface area contributed by atoms with Gasteiger partial charge in [-0.2, -0.15) is 0 Å². The molecule has 0 aliphatic carbocycles. The summed E-state index contributed by atoms with van der Waals surface area (Å²) in [5, 5.41) is 11.8. The van der Waals surface area contributed by atoms with E-state index < -0.39 is 12.0 Å². The molecule has 254 valence electrons. The standard InChI is InChI=1S/C38H62N2O5/c1-3-5-7-9-10-11-12-13-14-15-16-17-18-20-26-32-37(42)45-34(28-23-19-8-6-4-2)29-24-21-22-25-31-36(41)40-35(38(43)44)30-27-33-39/h5,7,10-11,13-14,16-17,20,23,26,28,34-35H,3-4,6,8-9,12,15,18-19,21-22,24-25,27,29-33,39H2,1-2H3,(H,40,41)(H,43,44)/b7-5-,11-10-,14-13-,17-16-,26-20-,28-23-. The van der Waals surface area contributed by atoms with Crippen LogP contribution in [0.2, 0.25) is 0 Å². The van der Waals surface area contributed by atoms with Gasteiger partial charge in [0, 0.05) is 6.42 Å². The maximum Gasteiger partial charge on any atom is 0.326 e. The molecule has 45 heavy (non-hydrogen) atoms. The van der Waals surface area contributed by atoms with E-state index in [0.29, 0.717) is 32.2 Å². The third-order valence-electron chi connectivity index (χ3n) is 7.02. The molecule has 0 radical (unpaired) electrons. The zero-order valence-corrected chi connectivity index (χ0v) is 28.2. The number of carboxylic acids is 1. The van der Waals surface area contributed by atoms with Crippen LogP contribution in [0, 0.1) is 0 Å². The van der Waals surface area contributed by atoms with Crippen LogP contribution in [0.25, 0.3) is 0 Å². The number of carbonyl (C=O) groups excluding carboxylic acids is 2.